The summed E-state index contributed by atoms with van der Waals surface area (Å²) < 4.78 is 4.22. The number of carbonyl (C=O) groups is 1. The van der Waals surface area contributed by atoms with Crippen LogP contribution in [0.25, 0.3) is 0 Å². The Morgan fingerprint density at radius 3 is 2.71 bits per heavy atom. The van der Waals surface area contributed by atoms with Gasteiger partial charge in [-0.05, 0) is 30.3 Å². The maximum absolute atomic E-state index is 11.3. The molecule has 0 unspecified atom stereocenters. The van der Waals surface area contributed by atoms with Gasteiger partial charge >= 0.3 is 5.97 Å². The monoisotopic (exact) mass is 339 g/mol. The number of rotatable bonds is 3. The number of para-hydroxylation sites is 1. The number of carbonyl (C=O) groups excluding carboxylic acids is 1. The van der Waals surface area contributed by atoms with Crippen LogP contribution in [0.4, 0.5) is 11.4 Å². The molecule has 0 saturated carbocycles. The summed E-state index contributed by atoms with van der Waals surface area (Å²) in [6.07, 6.45) is 0.203. The van der Waals surface area contributed by atoms with Gasteiger partial charge in [-0.3, -0.25) is 4.79 Å². The molecule has 0 bridgehead atoms. The van der Waals surface area contributed by atoms with Gasteiger partial charge in [-0.25, -0.2) is 0 Å². The van der Waals surface area contributed by atoms with Gasteiger partial charge < -0.3 is 9.19 Å². The molecule has 1 aliphatic heterocycles. The van der Waals surface area contributed by atoms with Gasteiger partial charge in [0.1, 0.15) is 11.9 Å². The summed E-state index contributed by atoms with van der Waals surface area (Å²) in [4.78, 5) is 15.7. The van der Waals surface area contributed by atoms with E-state index in [9.17, 15) is 4.79 Å². The highest BCUT2D eigenvalue weighted by Crippen LogP contribution is 2.48. The number of nitrogens with zero attached hydrogens (tertiary/aromatic N) is 1. The molecule has 0 radical (unpaired) electrons. The van der Waals surface area contributed by atoms with E-state index in [-0.39, 0.29) is 6.42 Å². The fraction of sp³-hybridized carbons (Fsp3) is 0.133. The van der Waals surface area contributed by atoms with Gasteiger partial charge in [0.05, 0.1) is 17.8 Å². The molecule has 0 spiro atoms. The molecule has 2 aromatic carbocycles. The molecule has 3 nitrogen and oxygen atoms in total. The summed E-state index contributed by atoms with van der Waals surface area (Å²) >= 11 is 12.9. The number of hydrogen-bond donors (Lipinski definition) is 0. The predicted octanol–water partition coefficient (Wildman–Crippen LogP) is 5.03. The van der Waals surface area contributed by atoms with E-state index >= 15 is 0 Å². The summed E-state index contributed by atoms with van der Waals surface area (Å²) in [5, 5.41) is 0.665. The lowest BCUT2D eigenvalue weighted by molar-refractivity contribution is -0.133. The van der Waals surface area contributed by atoms with E-state index in [2.05, 4.69) is 15.3 Å². The Hall–Kier alpha value is -1.36. The third-order valence-electron chi connectivity index (χ3n) is 3.21. The molecular weight excluding hydrogens is 329 g/mol. The van der Waals surface area contributed by atoms with Crippen LogP contribution in [0.2, 0.25) is 5.02 Å². The molecule has 0 atom stereocenters. The standard InChI is InChI=1S/C15H11Cl2NO2S/c16-10-5-6-14-12(9-10)18(8-7-15(19)20-17)11-3-1-2-4-13(11)21-14/h1-6,9H,7-8H2. The van der Waals surface area contributed by atoms with Crippen molar-refractivity contribution >= 4 is 52.6 Å². The minimum atomic E-state index is -0.448. The Labute approximate surface area is 137 Å². The molecule has 0 aliphatic carbocycles. The highest BCUT2D eigenvalue weighted by atomic mass is 35.5. The van der Waals surface area contributed by atoms with Crippen molar-refractivity contribution in [3.05, 3.63) is 47.5 Å². The molecular formula is C15H11Cl2NO2S. The van der Waals surface area contributed by atoms with E-state index < -0.39 is 5.97 Å². The molecule has 0 N–H and O–H groups in total. The number of hydrogen-bond acceptors (Lipinski definition) is 4. The van der Waals surface area contributed by atoms with Crippen LogP contribution >= 0.6 is 35.2 Å². The second kappa shape index (κ2) is 6.18. The van der Waals surface area contributed by atoms with E-state index in [0.29, 0.717) is 11.6 Å². The van der Waals surface area contributed by atoms with E-state index in [4.69, 9.17) is 23.5 Å². The number of fused-ring (bicyclic) bond motifs is 2. The molecule has 21 heavy (non-hydrogen) atoms. The first-order valence-corrected chi connectivity index (χ1v) is 7.85. The van der Waals surface area contributed by atoms with Crippen molar-refractivity contribution < 1.29 is 9.08 Å². The molecule has 2 aromatic rings. The molecule has 108 valence electrons. The minimum absolute atomic E-state index is 0.203. The molecule has 3 rings (SSSR count). The van der Waals surface area contributed by atoms with Crippen molar-refractivity contribution in [1.82, 2.24) is 0 Å². The number of halogens is 2. The maximum Gasteiger partial charge on any atom is 0.326 e. The van der Waals surface area contributed by atoms with Crippen molar-refractivity contribution in [3.8, 4) is 0 Å². The molecule has 6 heteroatoms. The zero-order valence-electron chi connectivity index (χ0n) is 10.9. The summed E-state index contributed by atoms with van der Waals surface area (Å²) in [6.45, 7) is 0.483. The molecule has 1 aliphatic rings. The summed E-state index contributed by atoms with van der Waals surface area (Å²) in [6, 6.07) is 13.8. The van der Waals surface area contributed by atoms with Gasteiger partial charge in [-0.1, -0.05) is 35.5 Å². The van der Waals surface area contributed by atoms with Crippen molar-refractivity contribution in [2.24, 2.45) is 0 Å². The minimum Gasteiger partial charge on any atom is -0.348 e. The molecule has 1 heterocycles. The van der Waals surface area contributed by atoms with Crippen LogP contribution in [0.3, 0.4) is 0 Å². The molecule has 0 aromatic heterocycles. The molecule has 0 saturated heterocycles. The Kier molecular flexibility index (Phi) is 4.29. The first-order valence-electron chi connectivity index (χ1n) is 6.34. The molecule has 0 fully saturated rings. The van der Waals surface area contributed by atoms with Gasteiger partial charge in [-0.2, -0.15) is 0 Å². The number of benzene rings is 2. The lowest BCUT2D eigenvalue weighted by Crippen LogP contribution is -2.23. The Morgan fingerprint density at radius 1 is 1.14 bits per heavy atom. The van der Waals surface area contributed by atoms with E-state index in [1.807, 2.05) is 36.4 Å². The van der Waals surface area contributed by atoms with Crippen LogP contribution in [-0.4, -0.2) is 12.5 Å². The van der Waals surface area contributed by atoms with Crippen LogP contribution in [0.15, 0.2) is 52.3 Å². The van der Waals surface area contributed by atoms with Crippen molar-refractivity contribution in [3.63, 3.8) is 0 Å². The van der Waals surface area contributed by atoms with Gasteiger partial charge in [-0.15, -0.1) is 0 Å². The first kappa shape index (κ1) is 14.6. The van der Waals surface area contributed by atoms with E-state index in [1.165, 1.54) is 0 Å². The van der Waals surface area contributed by atoms with Gasteiger partial charge in [0.25, 0.3) is 0 Å². The van der Waals surface area contributed by atoms with Gasteiger partial charge in [0.15, 0.2) is 0 Å². The topological polar surface area (TPSA) is 29.5 Å². The van der Waals surface area contributed by atoms with Crippen molar-refractivity contribution in [2.45, 2.75) is 16.2 Å². The normalized spacial score (nSPS) is 12.6. The lowest BCUT2D eigenvalue weighted by atomic mass is 10.2. The average molecular weight is 340 g/mol. The summed E-state index contributed by atoms with van der Waals surface area (Å²) in [7, 11) is 0. The lowest BCUT2D eigenvalue weighted by Gasteiger charge is -2.32. The zero-order valence-corrected chi connectivity index (χ0v) is 13.2. The third-order valence-corrected chi connectivity index (χ3v) is 4.75. The summed E-state index contributed by atoms with van der Waals surface area (Å²) in [5.41, 5.74) is 2.05. The van der Waals surface area contributed by atoms with Crippen LogP contribution in [0.1, 0.15) is 6.42 Å². The van der Waals surface area contributed by atoms with Crippen LogP contribution < -0.4 is 4.90 Å². The predicted molar refractivity (Wildman–Crippen MR) is 85.6 cm³/mol. The van der Waals surface area contributed by atoms with Crippen LogP contribution in [-0.2, 0) is 9.08 Å². The van der Waals surface area contributed by atoms with Crippen molar-refractivity contribution in [1.29, 1.82) is 0 Å². The Morgan fingerprint density at radius 2 is 1.90 bits per heavy atom. The van der Waals surface area contributed by atoms with Crippen molar-refractivity contribution in [2.75, 3.05) is 11.4 Å². The van der Waals surface area contributed by atoms with Crippen LogP contribution in [0.5, 0.6) is 0 Å². The fourth-order valence-electron chi connectivity index (χ4n) is 2.29. The van der Waals surface area contributed by atoms with Gasteiger partial charge in [0, 0.05) is 21.4 Å². The van der Waals surface area contributed by atoms with Crippen LogP contribution in [0, 0.1) is 0 Å². The smallest absolute Gasteiger partial charge is 0.326 e. The zero-order chi connectivity index (χ0) is 14.8. The molecule has 0 amide bonds. The average Bonchev–Trinajstić information content (AvgIpc) is 2.51. The maximum atomic E-state index is 11.3. The Balaban J connectivity index is 2.00. The second-order valence-electron chi connectivity index (χ2n) is 4.53. The quantitative estimate of drug-likeness (QED) is 0.784. The third kappa shape index (κ3) is 2.98. The highest BCUT2D eigenvalue weighted by Gasteiger charge is 2.23. The number of anilines is 2. The Bertz CT molecular complexity index is 693. The van der Waals surface area contributed by atoms with E-state index in [1.54, 1.807) is 11.8 Å². The second-order valence-corrected chi connectivity index (χ2v) is 6.21. The van der Waals surface area contributed by atoms with Gasteiger partial charge in [0.2, 0.25) is 0 Å². The van der Waals surface area contributed by atoms with E-state index in [0.717, 1.165) is 21.2 Å². The largest absolute Gasteiger partial charge is 0.348 e. The highest BCUT2D eigenvalue weighted by molar-refractivity contribution is 7.99. The summed E-state index contributed by atoms with van der Waals surface area (Å²) in [5.74, 6) is -0.448. The first-order chi connectivity index (χ1) is 10.2. The SMILES string of the molecule is O=C(CCN1c2ccccc2Sc2ccc(Cl)cc21)OCl. The fourth-order valence-corrected chi connectivity index (χ4v) is 3.60.